The lowest BCUT2D eigenvalue weighted by atomic mass is 9.84. The number of hydrogen-bond donors (Lipinski definition) is 0. The Bertz CT molecular complexity index is 280. The normalized spacial score (nSPS) is 26.6. The summed E-state index contributed by atoms with van der Waals surface area (Å²) in [5.74, 6) is 1.10. The molecule has 0 amide bonds. The maximum Gasteiger partial charge on any atom is 0.126 e. The molecule has 0 aromatic heterocycles. The van der Waals surface area contributed by atoms with Gasteiger partial charge in [-0.15, -0.1) is 0 Å². The van der Waals surface area contributed by atoms with Gasteiger partial charge in [0.25, 0.3) is 0 Å². The Labute approximate surface area is 122 Å². The van der Waals surface area contributed by atoms with Crippen LogP contribution in [0.2, 0.25) is 0 Å². The van der Waals surface area contributed by atoms with E-state index in [4.69, 9.17) is 0 Å². The molecular formula is C16H28O2S. The summed E-state index contributed by atoms with van der Waals surface area (Å²) in [5.41, 5.74) is -0.161. The van der Waals surface area contributed by atoms with Crippen molar-refractivity contribution in [1.29, 1.82) is 0 Å². The zero-order valence-corrected chi connectivity index (χ0v) is 13.2. The first-order valence-corrected chi connectivity index (χ1v) is 8.79. The van der Waals surface area contributed by atoms with Crippen molar-refractivity contribution >= 4 is 24.3 Å². The zero-order valence-electron chi connectivity index (χ0n) is 12.4. The molecule has 0 N–H and O–H groups in total. The molecular weight excluding hydrogens is 256 g/mol. The highest BCUT2D eigenvalue weighted by Crippen LogP contribution is 2.38. The van der Waals surface area contributed by atoms with E-state index in [1.807, 2.05) is 11.8 Å². The van der Waals surface area contributed by atoms with Gasteiger partial charge in [0.05, 0.1) is 0 Å². The highest BCUT2D eigenvalue weighted by Gasteiger charge is 2.31. The van der Waals surface area contributed by atoms with Crippen LogP contribution in [0.1, 0.15) is 65.2 Å². The highest BCUT2D eigenvalue weighted by molar-refractivity contribution is 8.00. The van der Waals surface area contributed by atoms with Crippen molar-refractivity contribution < 1.29 is 9.59 Å². The molecule has 3 atom stereocenters. The smallest absolute Gasteiger partial charge is 0.126 e. The van der Waals surface area contributed by atoms with Crippen molar-refractivity contribution in [3.05, 3.63) is 0 Å². The third kappa shape index (κ3) is 4.94. The van der Waals surface area contributed by atoms with E-state index in [-0.39, 0.29) is 11.3 Å². The molecule has 3 heteroatoms. The fourth-order valence-corrected chi connectivity index (χ4v) is 4.56. The predicted octanol–water partition coefficient (Wildman–Crippen LogP) is 4.26. The quantitative estimate of drug-likeness (QED) is 0.593. The average Bonchev–Trinajstić information content (AvgIpc) is 2.48. The highest BCUT2D eigenvalue weighted by atomic mass is 32.2. The van der Waals surface area contributed by atoms with Crippen LogP contribution in [0.3, 0.4) is 0 Å². The Morgan fingerprint density at radius 2 is 1.95 bits per heavy atom. The van der Waals surface area contributed by atoms with Gasteiger partial charge in [0.2, 0.25) is 0 Å². The molecule has 0 aliphatic heterocycles. The van der Waals surface area contributed by atoms with Crippen LogP contribution >= 0.6 is 11.8 Å². The Kier molecular flexibility index (Phi) is 7.74. The zero-order chi connectivity index (χ0) is 14.1. The van der Waals surface area contributed by atoms with Gasteiger partial charge in [-0.1, -0.05) is 39.5 Å². The molecule has 19 heavy (non-hydrogen) atoms. The van der Waals surface area contributed by atoms with Gasteiger partial charge in [-0.05, 0) is 25.7 Å². The van der Waals surface area contributed by atoms with E-state index in [9.17, 15) is 9.59 Å². The third-order valence-electron chi connectivity index (χ3n) is 4.50. The minimum Gasteiger partial charge on any atom is -0.303 e. The Morgan fingerprint density at radius 3 is 2.53 bits per heavy atom. The summed E-state index contributed by atoms with van der Waals surface area (Å²) < 4.78 is 0. The molecule has 0 heterocycles. The Morgan fingerprint density at radius 1 is 1.21 bits per heavy atom. The molecule has 1 saturated carbocycles. The summed E-state index contributed by atoms with van der Waals surface area (Å²) in [5, 5.41) is 0.443. The minimum absolute atomic E-state index is 0.161. The number of carbonyl (C=O) groups excluding carboxylic acids is 2. The van der Waals surface area contributed by atoms with Gasteiger partial charge >= 0.3 is 0 Å². The number of thioether (sulfide) groups is 1. The second-order valence-corrected chi connectivity index (χ2v) is 7.10. The van der Waals surface area contributed by atoms with Crippen LogP contribution in [-0.2, 0) is 9.59 Å². The van der Waals surface area contributed by atoms with Crippen LogP contribution in [0.25, 0.3) is 0 Å². The van der Waals surface area contributed by atoms with Gasteiger partial charge in [0.1, 0.15) is 12.6 Å². The van der Waals surface area contributed by atoms with E-state index in [2.05, 4.69) is 13.8 Å². The van der Waals surface area contributed by atoms with Crippen molar-refractivity contribution in [3.8, 4) is 0 Å². The van der Waals surface area contributed by atoms with Crippen molar-refractivity contribution in [3.63, 3.8) is 0 Å². The predicted molar refractivity (Wildman–Crippen MR) is 82.6 cm³/mol. The largest absolute Gasteiger partial charge is 0.303 e. The monoisotopic (exact) mass is 284 g/mol. The number of unbranched alkanes of at least 4 members (excludes halogenated alkanes) is 1. The van der Waals surface area contributed by atoms with Crippen LogP contribution in [0, 0.1) is 11.3 Å². The third-order valence-corrected chi connectivity index (χ3v) is 6.25. The van der Waals surface area contributed by atoms with Crippen LogP contribution < -0.4 is 0 Å². The SMILES string of the molecule is CCCCC(C=O)(CC)CSC1CCCCC1C=O. The van der Waals surface area contributed by atoms with Crippen molar-refractivity contribution in [1.82, 2.24) is 0 Å². The van der Waals surface area contributed by atoms with E-state index >= 15 is 0 Å². The summed E-state index contributed by atoms with van der Waals surface area (Å²) in [6.45, 7) is 4.28. The van der Waals surface area contributed by atoms with Crippen molar-refractivity contribution in [2.45, 2.75) is 70.5 Å². The average molecular weight is 284 g/mol. The number of aldehydes is 2. The summed E-state index contributed by atoms with van der Waals surface area (Å²) in [6.07, 6.45) is 11.1. The van der Waals surface area contributed by atoms with Gasteiger partial charge < -0.3 is 9.59 Å². The van der Waals surface area contributed by atoms with Crippen LogP contribution in [-0.4, -0.2) is 23.6 Å². The fourth-order valence-electron chi connectivity index (χ4n) is 2.82. The first kappa shape index (κ1) is 16.7. The molecule has 1 rings (SSSR count). The molecule has 1 fully saturated rings. The molecule has 0 bridgehead atoms. The maximum absolute atomic E-state index is 11.5. The van der Waals surface area contributed by atoms with Gasteiger partial charge in [0, 0.05) is 22.3 Å². The molecule has 2 nitrogen and oxygen atoms in total. The van der Waals surface area contributed by atoms with Crippen LogP contribution in [0.5, 0.6) is 0 Å². The lowest BCUT2D eigenvalue weighted by Crippen LogP contribution is -2.29. The van der Waals surface area contributed by atoms with Crippen LogP contribution in [0.15, 0.2) is 0 Å². The van der Waals surface area contributed by atoms with Crippen LogP contribution in [0.4, 0.5) is 0 Å². The number of carbonyl (C=O) groups is 2. The molecule has 0 saturated heterocycles. The summed E-state index contributed by atoms with van der Waals surface area (Å²) in [4.78, 5) is 22.6. The van der Waals surface area contributed by atoms with Gasteiger partial charge in [0.15, 0.2) is 0 Å². The lowest BCUT2D eigenvalue weighted by molar-refractivity contribution is -0.115. The maximum atomic E-state index is 11.5. The molecule has 0 aromatic rings. The van der Waals surface area contributed by atoms with E-state index in [1.165, 1.54) is 19.1 Å². The molecule has 1 aliphatic rings. The molecule has 0 aromatic carbocycles. The minimum atomic E-state index is -0.161. The first-order valence-electron chi connectivity index (χ1n) is 7.74. The molecule has 3 unspecified atom stereocenters. The molecule has 0 spiro atoms. The number of rotatable bonds is 9. The lowest BCUT2D eigenvalue weighted by Gasteiger charge is -2.32. The standard InChI is InChI=1S/C16H28O2S/c1-3-5-10-16(4-2,12-18)13-19-15-9-7-6-8-14(15)11-17/h11-12,14-15H,3-10,13H2,1-2H3. The van der Waals surface area contributed by atoms with E-state index in [1.54, 1.807) is 0 Å². The van der Waals surface area contributed by atoms with E-state index in [0.29, 0.717) is 5.25 Å². The molecule has 0 radical (unpaired) electrons. The van der Waals surface area contributed by atoms with Gasteiger partial charge in [-0.2, -0.15) is 11.8 Å². The van der Waals surface area contributed by atoms with Gasteiger partial charge in [-0.3, -0.25) is 0 Å². The second-order valence-electron chi connectivity index (χ2n) is 5.87. The Balaban J connectivity index is 2.54. The first-order chi connectivity index (χ1) is 9.21. The Hall–Kier alpha value is -0.310. The van der Waals surface area contributed by atoms with E-state index < -0.39 is 0 Å². The van der Waals surface area contributed by atoms with E-state index in [0.717, 1.165) is 50.6 Å². The van der Waals surface area contributed by atoms with Gasteiger partial charge in [-0.25, -0.2) is 0 Å². The summed E-state index contributed by atoms with van der Waals surface area (Å²) >= 11 is 1.87. The summed E-state index contributed by atoms with van der Waals surface area (Å²) in [6, 6.07) is 0. The molecule has 1 aliphatic carbocycles. The summed E-state index contributed by atoms with van der Waals surface area (Å²) in [7, 11) is 0. The van der Waals surface area contributed by atoms with Crippen molar-refractivity contribution in [2.75, 3.05) is 5.75 Å². The molecule has 110 valence electrons. The fraction of sp³-hybridized carbons (Fsp3) is 0.875. The second kappa shape index (κ2) is 8.78. The van der Waals surface area contributed by atoms with Crippen molar-refractivity contribution in [2.24, 2.45) is 11.3 Å². The topological polar surface area (TPSA) is 34.1 Å². The number of hydrogen-bond acceptors (Lipinski definition) is 3.